The number of aromatic nitrogens is 2. The number of carbonyl (C=O) groups is 1. The fourth-order valence-electron chi connectivity index (χ4n) is 3.03. The number of hydrogen-bond acceptors (Lipinski definition) is 3. The van der Waals surface area contributed by atoms with Gasteiger partial charge in [0.2, 0.25) is 0 Å². The lowest BCUT2D eigenvalue weighted by Crippen LogP contribution is -2.44. The summed E-state index contributed by atoms with van der Waals surface area (Å²) in [5, 5.41) is 3.02. The Kier molecular flexibility index (Phi) is 4.89. The van der Waals surface area contributed by atoms with Gasteiger partial charge in [0.25, 0.3) is 5.91 Å². The summed E-state index contributed by atoms with van der Waals surface area (Å²) < 4.78 is 28.2. The molecule has 0 aliphatic carbocycles. The summed E-state index contributed by atoms with van der Waals surface area (Å²) in [6, 6.07) is 3.70. The normalized spacial score (nSPS) is 16.3. The Hall–Kier alpha value is -2.28. The highest BCUT2D eigenvalue weighted by Crippen LogP contribution is 2.16. The van der Waals surface area contributed by atoms with Crippen LogP contribution in [0.3, 0.4) is 0 Å². The van der Waals surface area contributed by atoms with Gasteiger partial charge in [0, 0.05) is 38.8 Å². The predicted molar refractivity (Wildman–Crippen MR) is 85.3 cm³/mol. The van der Waals surface area contributed by atoms with Gasteiger partial charge >= 0.3 is 0 Å². The second kappa shape index (κ2) is 7.09. The Morgan fingerprint density at radius 3 is 2.50 bits per heavy atom. The van der Waals surface area contributed by atoms with Crippen LogP contribution in [0.1, 0.15) is 28.9 Å². The Labute approximate surface area is 139 Å². The molecule has 3 rings (SSSR count). The van der Waals surface area contributed by atoms with Crippen molar-refractivity contribution in [1.29, 1.82) is 0 Å². The number of halogens is 2. The molecule has 1 aliphatic rings. The van der Waals surface area contributed by atoms with Crippen LogP contribution in [0, 0.1) is 11.6 Å². The summed E-state index contributed by atoms with van der Waals surface area (Å²) in [6.45, 7) is 2.06. The van der Waals surface area contributed by atoms with Crippen molar-refractivity contribution in [1.82, 2.24) is 19.8 Å². The third kappa shape index (κ3) is 3.97. The second-order valence-electron chi connectivity index (χ2n) is 6.19. The summed E-state index contributed by atoms with van der Waals surface area (Å²) in [7, 11) is 1.78. The van der Waals surface area contributed by atoms with Gasteiger partial charge in [0.15, 0.2) is 0 Å². The fraction of sp³-hybridized carbons (Fsp3) is 0.412. The van der Waals surface area contributed by atoms with Gasteiger partial charge in [-0.1, -0.05) is 0 Å². The monoisotopic (exact) mass is 334 g/mol. The number of nitrogens with one attached hydrogen (secondary N) is 1. The molecular formula is C17H20F2N4O. The first-order valence-corrected chi connectivity index (χ1v) is 7.96. The number of benzene rings is 1. The number of hydrogen-bond donors (Lipinski definition) is 1. The van der Waals surface area contributed by atoms with Crippen LogP contribution in [-0.2, 0) is 13.6 Å². The van der Waals surface area contributed by atoms with Gasteiger partial charge < -0.3 is 9.88 Å². The standard InChI is InChI=1S/C17H20F2N4O/c1-22-11-20-9-16(22)17(24)21-15-2-4-23(5-3-15)10-12-6-13(18)8-14(19)7-12/h6-9,11,15H,2-5,10H2,1H3,(H,21,24). The predicted octanol–water partition coefficient (Wildman–Crippen LogP) is 2.09. The number of nitrogens with zero attached hydrogens (tertiary/aromatic N) is 3. The molecule has 1 saturated heterocycles. The topological polar surface area (TPSA) is 50.2 Å². The van der Waals surface area contributed by atoms with Gasteiger partial charge in [-0.15, -0.1) is 0 Å². The average Bonchev–Trinajstić information content (AvgIpc) is 2.94. The molecule has 128 valence electrons. The number of carbonyl (C=O) groups excluding carboxylic acids is 1. The molecule has 0 unspecified atom stereocenters. The van der Waals surface area contributed by atoms with Crippen LogP contribution in [0.15, 0.2) is 30.7 Å². The zero-order valence-corrected chi connectivity index (χ0v) is 13.5. The number of imidazole rings is 1. The van der Waals surface area contributed by atoms with Gasteiger partial charge in [-0.2, -0.15) is 0 Å². The smallest absolute Gasteiger partial charge is 0.269 e. The number of rotatable bonds is 4. The maximum Gasteiger partial charge on any atom is 0.269 e. The molecule has 1 N–H and O–H groups in total. The Bertz CT molecular complexity index is 703. The van der Waals surface area contributed by atoms with Gasteiger partial charge in [-0.3, -0.25) is 9.69 Å². The highest BCUT2D eigenvalue weighted by atomic mass is 19.1. The number of aryl methyl sites for hydroxylation is 1. The van der Waals surface area contributed by atoms with E-state index in [1.165, 1.54) is 12.1 Å². The Balaban J connectivity index is 1.50. The van der Waals surface area contributed by atoms with Crippen molar-refractivity contribution in [3.63, 3.8) is 0 Å². The maximum atomic E-state index is 13.2. The average molecular weight is 334 g/mol. The molecule has 5 nitrogen and oxygen atoms in total. The van der Waals surface area contributed by atoms with E-state index in [2.05, 4.69) is 15.2 Å². The van der Waals surface area contributed by atoms with Crippen LogP contribution in [0.2, 0.25) is 0 Å². The van der Waals surface area contributed by atoms with E-state index in [0.717, 1.165) is 32.0 Å². The molecule has 0 spiro atoms. The number of likely N-dealkylation sites (tertiary alicyclic amines) is 1. The van der Waals surface area contributed by atoms with E-state index in [-0.39, 0.29) is 11.9 Å². The second-order valence-corrected chi connectivity index (χ2v) is 6.19. The first-order valence-electron chi connectivity index (χ1n) is 7.96. The van der Waals surface area contributed by atoms with Crippen LogP contribution in [0.25, 0.3) is 0 Å². The lowest BCUT2D eigenvalue weighted by atomic mass is 10.0. The summed E-state index contributed by atoms with van der Waals surface area (Å²) >= 11 is 0. The molecule has 0 bridgehead atoms. The first-order chi connectivity index (χ1) is 11.5. The highest BCUT2D eigenvalue weighted by molar-refractivity contribution is 5.92. The Morgan fingerprint density at radius 1 is 1.25 bits per heavy atom. The summed E-state index contributed by atoms with van der Waals surface area (Å²) in [5.41, 5.74) is 1.16. The molecule has 0 saturated carbocycles. The lowest BCUT2D eigenvalue weighted by molar-refractivity contribution is 0.0900. The van der Waals surface area contributed by atoms with Gasteiger partial charge in [0.05, 0.1) is 12.5 Å². The van der Waals surface area contributed by atoms with Crippen LogP contribution in [0.4, 0.5) is 8.78 Å². The molecule has 0 atom stereocenters. The quantitative estimate of drug-likeness (QED) is 0.931. The maximum absolute atomic E-state index is 13.2. The molecule has 0 radical (unpaired) electrons. The minimum atomic E-state index is -0.552. The third-order valence-corrected chi connectivity index (χ3v) is 4.30. The van der Waals surface area contributed by atoms with Gasteiger partial charge in [-0.25, -0.2) is 13.8 Å². The van der Waals surface area contributed by atoms with Crippen molar-refractivity contribution >= 4 is 5.91 Å². The molecule has 2 aromatic rings. The minimum Gasteiger partial charge on any atom is -0.348 e. The van der Waals surface area contributed by atoms with E-state index in [9.17, 15) is 13.6 Å². The van der Waals surface area contributed by atoms with Crippen LogP contribution in [-0.4, -0.2) is 39.5 Å². The zero-order chi connectivity index (χ0) is 17.1. The molecule has 1 amide bonds. The van der Waals surface area contributed by atoms with E-state index < -0.39 is 11.6 Å². The lowest BCUT2D eigenvalue weighted by Gasteiger charge is -2.32. The van der Waals surface area contributed by atoms with E-state index in [4.69, 9.17) is 0 Å². The van der Waals surface area contributed by atoms with Crippen LogP contribution in [0.5, 0.6) is 0 Å². The molecule has 1 aromatic carbocycles. The van der Waals surface area contributed by atoms with Crippen molar-refractivity contribution in [3.8, 4) is 0 Å². The van der Waals surface area contributed by atoms with Crippen molar-refractivity contribution in [3.05, 3.63) is 53.6 Å². The first kappa shape index (κ1) is 16.6. The zero-order valence-electron chi connectivity index (χ0n) is 13.5. The molecule has 1 aromatic heterocycles. The van der Waals surface area contributed by atoms with Crippen LogP contribution >= 0.6 is 0 Å². The van der Waals surface area contributed by atoms with Crippen molar-refractivity contribution in [2.45, 2.75) is 25.4 Å². The highest BCUT2D eigenvalue weighted by Gasteiger charge is 2.22. The van der Waals surface area contributed by atoms with E-state index in [1.54, 1.807) is 24.1 Å². The Morgan fingerprint density at radius 2 is 1.92 bits per heavy atom. The molecule has 7 heteroatoms. The largest absolute Gasteiger partial charge is 0.348 e. The fourth-order valence-corrected chi connectivity index (χ4v) is 3.03. The van der Waals surface area contributed by atoms with E-state index in [1.807, 2.05) is 0 Å². The molecule has 24 heavy (non-hydrogen) atoms. The van der Waals surface area contributed by atoms with Gasteiger partial charge in [0.1, 0.15) is 17.3 Å². The van der Waals surface area contributed by atoms with Crippen molar-refractivity contribution < 1.29 is 13.6 Å². The SMILES string of the molecule is Cn1cncc1C(=O)NC1CCN(Cc2cc(F)cc(F)c2)CC1. The minimum absolute atomic E-state index is 0.105. The number of amides is 1. The van der Waals surface area contributed by atoms with Gasteiger partial charge in [-0.05, 0) is 30.5 Å². The molecule has 1 fully saturated rings. The van der Waals surface area contributed by atoms with Crippen molar-refractivity contribution in [2.24, 2.45) is 7.05 Å². The van der Waals surface area contributed by atoms with E-state index in [0.29, 0.717) is 17.8 Å². The van der Waals surface area contributed by atoms with E-state index >= 15 is 0 Å². The molecule has 2 heterocycles. The van der Waals surface area contributed by atoms with Crippen molar-refractivity contribution in [2.75, 3.05) is 13.1 Å². The summed E-state index contributed by atoms with van der Waals surface area (Å²) in [4.78, 5) is 18.3. The molecular weight excluding hydrogens is 314 g/mol. The summed E-state index contributed by atoms with van der Waals surface area (Å²) in [6.07, 6.45) is 4.75. The summed E-state index contributed by atoms with van der Waals surface area (Å²) in [5.74, 6) is -1.23. The van der Waals surface area contributed by atoms with Crippen LogP contribution < -0.4 is 5.32 Å². The third-order valence-electron chi connectivity index (χ3n) is 4.30. The number of piperidine rings is 1. The molecule has 1 aliphatic heterocycles.